The molecule has 0 aromatic heterocycles. The van der Waals surface area contributed by atoms with Crippen LogP contribution in [0.3, 0.4) is 0 Å². The van der Waals surface area contributed by atoms with E-state index in [0.29, 0.717) is 18.6 Å². The SMILES string of the molecule is O=C1CC2(CCCCC2)N(O)C2(CCCCC2)C1. The lowest BCUT2D eigenvalue weighted by Gasteiger charge is -2.56. The Bertz CT molecular complexity index is 297. The lowest BCUT2D eigenvalue weighted by Crippen LogP contribution is -2.65. The molecule has 0 amide bonds. The highest BCUT2D eigenvalue weighted by Crippen LogP contribution is 2.49. The molecule has 3 aliphatic rings. The average molecular weight is 251 g/mol. The van der Waals surface area contributed by atoms with Gasteiger partial charge in [-0.1, -0.05) is 38.5 Å². The van der Waals surface area contributed by atoms with Crippen LogP contribution in [0.1, 0.15) is 77.0 Å². The van der Waals surface area contributed by atoms with Gasteiger partial charge in [-0.2, -0.15) is 5.06 Å². The Morgan fingerprint density at radius 3 is 1.56 bits per heavy atom. The van der Waals surface area contributed by atoms with Crippen LogP contribution >= 0.6 is 0 Å². The number of ketones is 1. The molecule has 18 heavy (non-hydrogen) atoms. The highest BCUT2D eigenvalue weighted by molar-refractivity contribution is 5.82. The van der Waals surface area contributed by atoms with E-state index in [-0.39, 0.29) is 11.1 Å². The molecule has 3 fully saturated rings. The minimum Gasteiger partial charge on any atom is -0.313 e. The Morgan fingerprint density at radius 1 is 0.778 bits per heavy atom. The van der Waals surface area contributed by atoms with E-state index in [1.165, 1.54) is 38.5 Å². The number of nitrogens with zero attached hydrogens (tertiary/aromatic N) is 1. The van der Waals surface area contributed by atoms with Crippen LogP contribution in [0, 0.1) is 0 Å². The van der Waals surface area contributed by atoms with Gasteiger partial charge in [0.05, 0.1) is 11.1 Å². The third-order valence-corrected chi connectivity index (χ3v) is 5.52. The van der Waals surface area contributed by atoms with Gasteiger partial charge in [-0.05, 0) is 25.7 Å². The average Bonchev–Trinajstić information content (AvgIpc) is 2.38. The molecule has 1 aliphatic heterocycles. The summed E-state index contributed by atoms with van der Waals surface area (Å²) in [7, 11) is 0. The maximum atomic E-state index is 12.2. The van der Waals surface area contributed by atoms with Crippen LogP contribution in [0.25, 0.3) is 0 Å². The van der Waals surface area contributed by atoms with Crippen molar-refractivity contribution in [2.45, 2.75) is 88.1 Å². The molecule has 0 aromatic carbocycles. The quantitative estimate of drug-likeness (QED) is 0.717. The van der Waals surface area contributed by atoms with Gasteiger partial charge in [0.2, 0.25) is 0 Å². The van der Waals surface area contributed by atoms with E-state index in [9.17, 15) is 10.0 Å². The van der Waals surface area contributed by atoms with Crippen LogP contribution < -0.4 is 0 Å². The van der Waals surface area contributed by atoms with Gasteiger partial charge >= 0.3 is 0 Å². The molecule has 1 N–H and O–H groups in total. The number of hydrogen-bond donors (Lipinski definition) is 1. The lowest BCUT2D eigenvalue weighted by atomic mass is 9.66. The summed E-state index contributed by atoms with van der Waals surface area (Å²) in [6.45, 7) is 0. The topological polar surface area (TPSA) is 40.5 Å². The van der Waals surface area contributed by atoms with Gasteiger partial charge in [-0.15, -0.1) is 0 Å². The van der Waals surface area contributed by atoms with E-state index < -0.39 is 0 Å². The second kappa shape index (κ2) is 4.61. The van der Waals surface area contributed by atoms with Crippen LogP contribution in [0.4, 0.5) is 0 Å². The first-order chi connectivity index (χ1) is 8.67. The van der Waals surface area contributed by atoms with Crippen molar-refractivity contribution < 1.29 is 10.0 Å². The van der Waals surface area contributed by atoms with Gasteiger partial charge in [0.25, 0.3) is 0 Å². The van der Waals surface area contributed by atoms with Gasteiger partial charge in [-0.3, -0.25) is 4.79 Å². The molecule has 3 nitrogen and oxygen atoms in total. The molecule has 0 atom stereocenters. The number of carbonyl (C=O) groups is 1. The van der Waals surface area contributed by atoms with Crippen molar-refractivity contribution in [3.05, 3.63) is 0 Å². The normalized spacial score (nSPS) is 31.9. The number of hydroxylamine groups is 2. The molecule has 3 rings (SSSR count). The summed E-state index contributed by atoms with van der Waals surface area (Å²) in [6, 6.07) is 0. The van der Waals surface area contributed by atoms with Crippen LogP contribution in [0.15, 0.2) is 0 Å². The molecule has 1 saturated heterocycles. The number of hydrogen-bond acceptors (Lipinski definition) is 3. The Hall–Kier alpha value is -0.410. The summed E-state index contributed by atoms with van der Waals surface area (Å²) in [5, 5.41) is 12.6. The summed E-state index contributed by atoms with van der Waals surface area (Å²) in [5.41, 5.74) is -0.407. The van der Waals surface area contributed by atoms with E-state index in [1.807, 2.05) is 0 Å². The van der Waals surface area contributed by atoms with Crippen LogP contribution in [-0.4, -0.2) is 27.1 Å². The third kappa shape index (κ3) is 1.92. The number of carbonyl (C=O) groups excluding carboxylic acids is 1. The zero-order valence-electron chi connectivity index (χ0n) is 11.3. The van der Waals surface area contributed by atoms with Crippen molar-refractivity contribution in [3.8, 4) is 0 Å². The maximum Gasteiger partial charge on any atom is 0.136 e. The Morgan fingerprint density at radius 2 is 1.17 bits per heavy atom. The molecule has 2 saturated carbocycles. The lowest BCUT2D eigenvalue weighted by molar-refractivity contribution is -0.270. The highest BCUT2D eigenvalue weighted by atomic mass is 16.5. The van der Waals surface area contributed by atoms with Crippen molar-refractivity contribution >= 4 is 5.78 Å². The number of Topliss-reactive ketones (excluding diaryl/α,β-unsaturated/α-hetero) is 1. The fourth-order valence-electron chi connectivity index (χ4n) is 4.65. The molecule has 3 heteroatoms. The molecule has 0 aromatic rings. The fraction of sp³-hybridized carbons (Fsp3) is 0.933. The predicted molar refractivity (Wildman–Crippen MR) is 69.5 cm³/mol. The molecule has 2 aliphatic carbocycles. The molecule has 102 valence electrons. The summed E-state index contributed by atoms with van der Waals surface area (Å²) in [4.78, 5) is 12.2. The zero-order valence-corrected chi connectivity index (χ0v) is 11.3. The summed E-state index contributed by atoms with van der Waals surface area (Å²) in [5.74, 6) is 0.393. The van der Waals surface area contributed by atoms with E-state index in [1.54, 1.807) is 5.06 Å². The molecule has 0 bridgehead atoms. The van der Waals surface area contributed by atoms with Crippen molar-refractivity contribution in [2.24, 2.45) is 0 Å². The predicted octanol–water partition coefficient (Wildman–Crippen LogP) is 3.45. The molecular weight excluding hydrogens is 226 g/mol. The Labute approximate surface area is 110 Å². The van der Waals surface area contributed by atoms with Crippen molar-refractivity contribution in [1.82, 2.24) is 5.06 Å². The zero-order chi connectivity index (χ0) is 12.6. The largest absolute Gasteiger partial charge is 0.313 e. The third-order valence-electron chi connectivity index (χ3n) is 5.52. The smallest absolute Gasteiger partial charge is 0.136 e. The number of rotatable bonds is 0. The van der Waals surface area contributed by atoms with E-state index in [4.69, 9.17) is 0 Å². The Balaban J connectivity index is 1.89. The molecule has 2 spiro atoms. The highest BCUT2D eigenvalue weighted by Gasteiger charge is 2.54. The van der Waals surface area contributed by atoms with Gasteiger partial charge in [0.1, 0.15) is 5.78 Å². The molecular formula is C15H25NO2. The first-order valence-corrected chi connectivity index (χ1v) is 7.68. The molecule has 1 heterocycles. The second-order valence-corrected chi connectivity index (χ2v) is 6.77. The maximum absolute atomic E-state index is 12.2. The summed E-state index contributed by atoms with van der Waals surface area (Å²) < 4.78 is 0. The second-order valence-electron chi connectivity index (χ2n) is 6.77. The number of piperidine rings is 1. The van der Waals surface area contributed by atoms with Crippen molar-refractivity contribution in [2.75, 3.05) is 0 Å². The van der Waals surface area contributed by atoms with Gasteiger partial charge in [0, 0.05) is 12.8 Å². The molecule has 0 unspecified atom stereocenters. The standard InChI is InChI=1S/C15H25NO2/c17-13-11-14(7-3-1-4-8-14)16(18)15(12-13)9-5-2-6-10-15/h18H,1-12H2. The van der Waals surface area contributed by atoms with E-state index in [0.717, 1.165) is 25.7 Å². The van der Waals surface area contributed by atoms with Crippen LogP contribution in [0.5, 0.6) is 0 Å². The first kappa shape index (κ1) is 12.6. The first-order valence-electron chi connectivity index (χ1n) is 7.68. The van der Waals surface area contributed by atoms with Gasteiger partial charge in [0.15, 0.2) is 0 Å². The Kier molecular flexibility index (Phi) is 3.23. The monoisotopic (exact) mass is 251 g/mol. The molecule has 0 radical (unpaired) electrons. The minimum atomic E-state index is -0.203. The van der Waals surface area contributed by atoms with Crippen LogP contribution in [0.2, 0.25) is 0 Å². The van der Waals surface area contributed by atoms with Crippen molar-refractivity contribution in [3.63, 3.8) is 0 Å². The van der Waals surface area contributed by atoms with Crippen LogP contribution in [-0.2, 0) is 4.79 Å². The van der Waals surface area contributed by atoms with Gasteiger partial charge < -0.3 is 5.21 Å². The van der Waals surface area contributed by atoms with Crippen molar-refractivity contribution in [1.29, 1.82) is 0 Å². The summed E-state index contributed by atoms with van der Waals surface area (Å²) in [6.07, 6.45) is 12.4. The van der Waals surface area contributed by atoms with E-state index in [2.05, 4.69) is 0 Å². The van der Waals surface area contributed by atoms with E-state index >= 15 is 0 Å². The summed E-state index contributed by atoms with van der Waals surface area (Å²) >= 11 is 0. The fourth-order valence-corrected chi connectivity index (χ4v) is 4.65. The minimum absolute atomic E-state index is 0.203. The van der Waals surface area contributed by atoms with Gasteiger partial charge in [-0.25, -0.2) is 0 Å².